The van der Waals surface area contributed by atoms with Gasteiger partial charge in [-0.05, 0) is 57.8 Å². The molecule has 2 fully saturated rings. The standard InChI is InChI=1S/C11H15N3O3.C10H15N3O.C4H10/c1-8-2-3-10(13-12-8)17-9-4-6-14(7-5-9)11(15)16;1-8-2-3-10(13-12-8)14-9-4-6-11-7-5-9;1-4(2)3/h2-3,9H,4-7H2,1H3,(H,15,16);2-3,9,11H,4-7H2,1H3;4H,1-3H3. The number of nitrogens with one attached hydrogen (secondary N) is 1. The minimum Gasteiger partial charge on any atom is -0.473 e. The molecule has 0 bridgehead atoms. The highest BCUT2D eigenvalue weighted by Gasteiger charge is 2.23. The lowest BCUT2D eigenvalue weighted by molar-refractivity contribution is 0.0865. The first-order valence-electron chi connectivity index (χ1n) is 12.4. The summed E-state index contributed by atoms with van der Waals surface area (Å²) >= 11 is 0. The number of aromatic nitrogens is 4. The lowest BCUT2D eigenvalue weighted by atomic mass is 10.1. The smallest absolute Gasteiger partial charge is 0.407 e. The van der Waals surface area contributed by atoms with Crippen LogP contribution in [0.3, 0.4) is 0 Å². The Morgan fingerprint density at radius 1 is 0.857 bits per heavy atom. The third-order valence-corrected chi connectivity index (χ3v) is 5.12. The van der Waals surface area contributed by atoms with Gasteiger partial charge in [0, 0.05) is 38.1 Å². The van der Waals surface area contributed by atoms with Crippen LogP contribution in [0.4, 0.5) is 4.79 Å². The lowest BCUT2D eigenvalue weighted by Gasteiger charge is -2.29. The zero-order valence-electron chi connectivity index (χ0n) is 21.6. The molecular formula is C25H40N6O4. The highest BCUT2D eigenvalue weighted by molar-refractivity contribution is 5.65. The van der Waals surface area contributed by atoms with Crippen molar-refractivity contribution in [2.24, 2.45) is 5.92 Å². The van der Waals surface area contributed by atoms with Crippen LogP contribution in [-0.2, 0) is 0 Å². The molecular weight excluding hydrogens is 448 g/mol. The molecule has 4 rings (SSSR count). The lowest BCUT2D eigenvalue weighted by Crippen LogP contribution is -2.41. The monoisotopic (exact) mass is 488 g/mol. The van der Waals surface area contributed by atoms with Crippen molar-refractivity contribution in [1.29, 1.82) is 0 Å². The van der Waals surface area contributed by atoms with Crippen molar-refractivity contribution in [1.82, 2.24) is 30.6 Å². The van der Waals surface area contributed by atoms with E-state index in [1.807, 2.05) is 32.0 Å². The fraction of sp³-hybridized carbons (Fsp3) is 0.640. The average Bonchev–Trinajstić information content (AvgIpc) is 2.83. The van der Waals surface area contributed by atoms with E-state index in [2.05, 4.69) is 46.5 Å². The summed E-state index contributed by atoms with van der Waals surface area (Å²) in [5.74, 6) is 1.98. The van der Waals surface area contributed by atoms with Crippen LogP contribution in [0.5, 0.6) is 11.8 Å². The van der Waals surface area contributed by atoms with Gasteiger partial charge >= 0.3 is 6.09 Å². The van der Waals surface area contributed by atoms with Crippen LogP contribution < -0.4 is 14.8 Å². The minimum absolute atomic E-state index is 0.0302. The minimum atomic E-state index is -0.862. The molecule has 4 heterocycles. The molecule has 194 valence electrons. The van der Waals surface area contributed by atoms with Gasteiger partial charge in [-0.3, -0.25) is 0 Å². The van der Waals surface area contributed by atoms with Crippen molar-refractivity contribution < 1.29 is 19.4 Å². The van der Waals surface area contributed by atoms with Gasteiger partial charge in [0.1, 0.15) is 12.2 Å². The van der Waals surface area contributed by atoms with Gasteiger partial charge in [-0.15, -0.1) is 10.2 Å². The summed E-state index contributed by atoms with van der Waals surface area (Å²) in [5.41, 5.74) is 1.76. The number of likely N-dealkylation sites (tertiary alicyclic amines) is 1. The summed E-state index contributed by atoms with van der Waals surface area (Å²) in [7, 11) is 0. The summed E-state index contributed by atoms with van der Waals surface area (Å²) in [4.78, 5) is 12.1. The maximum Gasteiger partial charge on any atom is 0.407 e. The Kier molecular flexibility index (Phi) is 12.2. The maximum atomic E-state index is 10.7. The van der Waals surface area contributed by atoms with Crippen LogP contribution in [0.1, 0.15) is 57.8 Å². The van der Waals surface area contributed by atoms with E-state index in [-0.39, 0.29) is 6.10 Å². The van der Waals surface area contributed by atoms with Crippen LogP contribution in [0.2, 0.25) is 0 Å². The van der Waals surface area contributed by atoms with Crippen LogP contribution in [0.25, 0.3) is 0 Å². The average molecular weight is 489 g/mol. The molecule has 0 aromatic carbocycles. The molecule has 0 spiro atoms. The summed E-state index contributed by atoms with van der Waals surface area (Å²) < 4.78 is 11.3. The second-order valence-corrected chi connectivity index (χ2v) is 9.41. The van der Waals surface area contributed by atoms with E-state index in [4.69, 9.17) is 14.6 Å². The molecule has 35 heavy (non-hydrogen) atoms. The zero-order valence-corrected chi connectivity index (χ0v) is 21.6. The van der Waals surface area contributed by atoms with Gasteiger partial charge in [0.05, 0.1) is 11.4 Å². The molecule has 2 aliphatic rings. The van der Waals surface area contributed by atoms with E-state index in [1.165, 1.54) is 4.90 Å². The van der Waals surface area contributed by atoms with Crippen molar-refractivity contribution in [3.63, 3.8) is 0 Å². The molecule has 10 nitrogen and oxygen atoms in total. The molecule has 0 unspecified atom stereocenters. The molecule has 1 amide bonds. The number of carboxylic acid groups (broad SMARTS) is 1. The Hall–Kier alpha value is -3.01. The molecule has 10 heteroatoms. The summed E-state index contributed by atoms with van der Waals surface area (Å²) in [5, 5.41) is 27.9. The SMILES string of the molecule is CC(C)C.Cc1ccc(OC2CCN(C(=O)O)CC2)nn1.Cc1ccc(OC2CCNCC2)nn1. The number of amides is 1. The van der Waals surface area contributed by atoms with Gasteiger partial charge in [-0.2, -0.15) is 10.2 Å². The fourth-order valence-corrected chi connectivity index (χ4v) is 3.32. The highest BCUT2D eigenvalue weighted by atomic mass is 16.5. The predicted molar refractivity (Wildman–Crippen MR) is 134 cm³/mol. The first kappa shape index (κ1) is 28.2. The molecule has 0 aliphatic carbocycles. The first-order valence-corrected chi connectivity index (χ1v) is 12.4. The Morgan fingerprint density at radius 2 is 1.29 bits per heavy atom. The summed E-state index contributed by atoms with van der Waals surface area (Å²) in [6, 6.07) is 7.42. The van der Waals surface area contributed by atoms with Crippen LogP contribution >= 0.6 is 0 Å². The van der Waals surface area contributed by atoms with Gasteiger partial charge in [0.15, 0.2) is 0 Å². The number of hydrogen-bond acceptors (Lipinski definition) is 8. The quantitative estimate of drug-likeness (QED) is 0.660. The predicted octanol–water partition coefficient (Wildman–Crippen LogP) is 3.88. The van der Waals surface area contributed by atoms with Crippen LogP contribution in [0.15, 0.2) is 24.3 Å². The van der Waals surface area contributed by atoms with E-state index in [9.17, 15) is 4.79 Å². The number of carbonyl (C=O) groups is 1. The van der Waals surface area contributed by atoms with Crippen molar-refractivity contribution in [3.8, 4) is 11.8 Å². The van der Waals surface area contributed by atoms with Gasteiger partial charge in [0.25, 0.3) is 0 Å². The molecule has 0 radical (unpaired) electrons. The number of nitrogens with zero attached hydrogens (tertiary/aromatic N) is 5. The zero-order chi connectivity index (χ0) is 25.6. The normalized spacial score (nSPS) is 16.5. The Bertz CT molecular complexity index is 847. The molecule has 0 saturated carbocycles. The first-order chi connectivity index (χ1) is 16.7. The molecule has 2 N–H and O–H groups in total. The maximum absolute atomic E-state index is 10.7. The van der Waals surface area contributed by atoms with Crippen molar-refractivity contribution in [3.05, 3.63) is 35.7 Å². The van der Waals surface area contributed by atoms with Crippen molar-refractivity contribution >= 4 is 6.09 Å². The number of rotatable bonds is 4. The van der Waals surface area contributed by atoms with Crippen LogP contribution in [-0.4, -0.2) is 74.9 Å². The van der Waals surface area contributed by atoms with Crippen LogP contribution in [0, 0.1) is 19.8 Å². The van der Waals surface area contributed by atoms with E-state index in [0.29, 0.717) is 43.8 Å². The molecule has 2 saturated heterocycles. The van der Waals surface area contributed by atoms with E-state index < -0.39 is 6.09 Å². The van der Waals surface area contributed by atoms with Gasteiger partial charge in [-0.1, -0.05) is 20.8 Å². The largest absolute Gasteiger partial charge is 0.473 e. The number of piperidine rings is 2. The molecule has 0 atom stereocenters. The van der Waals surface area contributed by atoms with E-state index in [1.54, 1.807) is 6.07 Å². The number of hydrogen-bond donors (Lipinski definition) is 2. The molecule has 2 aromatic rings. The molecule has 2 aromatic heterocycles. The van der Waals surface area contributed by atoms with Gasteiger partial charge in [0.2, 0.25) is 11.8 Å². The number of aryl methyl sites for hydroxylation is 2. The number of ether oxygens (including phenoxy) is 2. The second kappa shape index (κ2) is 15.1. The Balaban J connectivity index is 0.000000217. The summed E-state index contributed by atoms with van der Waals surface area (Å²) in [6.45, 7) is 13.4. The Labute approximate surface area is 208 Å². The van der Waals surface area contributed by atoms with Crippen molar-refractivity contribution in [2.75, 3.05) is 26.2 Å². The summed E-state index contributed by atoms with van der Waals surface area (Å²) in [6.07, 6.45) is 2.96. The fourth-order valence-electron chi connectivity index (χ4n) is 3.32. The van der Waals surface area contributed by atoms with Gasteiger partial charge < -0.3 is 24.8 Å². The molecule has 2 aliphatic heterocycles. The Morgan fingerprint density at radius 3 is 1.66 bits per heavy atom. The van der Waals surface area contributed by atoms with Crippen molar-refractivity contribution in [2.45, 2.75) is 72.5 Å². The van der Waals surface area contributed by atoms with E-state index >= 15 is 0 Å². The van der Waals surface area contributed by atoms with Gasteiger partial charge in [-0.25, -0.2) is 4.79 Å². The van der Waals surface area contributed by atoms with E-state index in [0.717, 1.165) is 43.2 Å². The second-order valence-electron chi connectivity index (χ2n) is 9.41. The third-order valence-electron chi connectivity index (χ3n) is 5.12. The highest BCUT2D eigenvalue weighted by Crippen LogP contribution is 2.17. The topological polar surface area (TPSA) is 123 Å². The third kappa shape index (κ3) is 11.8.